The SMILES string of the molecule is Cc1ccc(N2C[C@@H](C(=O)NC3CCCCC3)CC2=O)cc1Cl. The smallest absolute Gasteiger partial charge is 0.227 e. The van der Waals surface area contributed by atoms with Crippen LogP contribution >= 0.6 is 11.6 Å². The van der Waals surface area contributed by atoms with Gasteiger partial charge in [0.1, 0.15) is 0 Å². The molecule has 1 heterocycles. The van der Waals surface area contributed by atoms with Crippen molar-refractivity contribution in [3.8, 4) is 0 Å². The molecule has 2 aliphatic rings. The van der Waals surface area contributed by atoms with Crippen molar-refractivity contribution in [1.82, 2.24) is 5.32 Å². The van der Waals surface area contributed by atoms with E-state index in [0.29, 0.717) is 11.6 Å². The zero-order chi connectivity index (χ0) is 16.4. The van der Waals surface area contributed by atoms with Crippen LogP contribution in [0.5, 0.6) is 0 Å². The fraction of sp³-hybridized carbons (Fsp3) is 0.556. The van der Waals surface area contributed by atoms with E-state index in [9.17, 15) is 9.59 Å². The Morgan fingerprint density at radius 2 is 2.00 bits per heavy atom. The van der Waals surface area contributed by atoms with E-state index in [1.165, 1.54) is 19.3 Å². The molecule has 2 amide bonds. The molecule has 1 aromatic rings. The summed E-state index contributed by atoms with van der Waals surface area (Å²) < 4.78 is 0. The second-order valence-electron chi connectivity index (χ2n) is 6.68. The lowest BCUT2D eigenvalue weighted by molar-refractivity contribution is -0.127. The number of nitrogens with one attached hydrogen (secondary N) is 1. The van der Waals surface area contributed by atoms with Crippen LogP contribution in [0.1, 0.15) is 44.1 Å². The van der Waals surface area contributed by atoms with Crippen molar-refractivity contribution in [2.24, 2.45) is 5.92 Å². The first-order valence-electron chi connectivity index (χ1n) is 8.41. The van der Waals surface area contributed by atoms with Gasteiger partial charge >= 0.3 is 0 Å². The fourth-order valence-corrected chi connectivity index (χ4v) is 3.62. The number of amides is 2. The topological polar surface area (TPSA) is 49.4 Å². The molecule has 0 radical (unpaired) electrons. The van der Waals surface area contributed by atoms with Gasteiger partial charge in [-0.15, -0.1) is 0 Å². The number of hydrogen-bond donors (Lipinski definition) is 1. The van der Waals surface area contributed by atoms with Crippen LogP contribution in [0.2, 0.25) is 5.02 Å². The summed E-state index contributed by atoms with van der Waals surface area (Å²) in [6, 6.07) is 5.88. The largest absolute Gasteiger partial charge is 0.353 e. The second kappa shape index (κ2) is 6.91. The Morgan fingerprint density at radius 1 is 1.26 bits per heavy atom. The Kier molecular flexibility index (Phi) is 4.90. The summed E-state index contributed by atoms with van der Waals surface area (Å²) in [5.41, 5.74) is 1.76. The minimum absolute atomic E-state index is 0.00582. The summed E-state index contributed by atoms with van der Waals surface area (Å²) in [6.45, 7) is 2.37. The van der Waals surface area contributed by atoms with Crippen LogP contribution in [-0.4, -0.2) is 24.4 Å². The van der Waals surface area contributed by atoms with Crippen LogP contribution < -0.4 is 10.2 Å². The average molecular weight is 335 g/mol. The molecule has 0 spiro atoms. The lowest BCUT2D eigenvalue weighted by atomic mass is 9.95. The number of carbonyl (C=O) groups excluding carboxylic acids is 2. The molecular formula is C18H23ClN2O2. The van der Waals surface area contributed by atoms with Gasteiger partial charge in [-0.1, -0.05) is 36.9 Å². The highest BCUT2D eigenvalue weighted by Crippen LogP contribution is 2.29. The van der Waals surface area contributed by atoms with E-state index in [2.05, 4.69) is 5.32 Å². The van der Waals surface area contributed by atoms with Crippen molar-refractivity contribution in [3.63, 3.8) is 0 Å². The highest BCUT2D eigenvalue weighted by atomic mass is 35.5. The minimum atomic E-state index is -0.260. The molecule has 5 heteroatoms. The maximum atomic E-state index is 12.4. The van der Waals surface area contributed by atoms with Crippen molar-refractivity contribution >= 4 is 29.1 Å². The van der Waals surface area contributed by atoms with Crippen molar-refractivity contribution in [3.05, 3.63) is 28.8 Å². The standard InChI is InChI=1S/C18H23ClN2O2/c1-12-7-8-15(10-16(12)19)21-11-13(9-17(21)22)18(23)20-14-5-3-2-4-6-14/h7-8,10,13-14H,2-6,9,11H2,1H3,(H,20,23)/t13-/m0/s1. The van der Waals surface area contributed by atoms with Gasteiger partial charge < -0.3 is 10.2 Å². The van der Waals surface area contributed by atoms with Gasteiger partial charge in [0.2, 0.25) is 11.8 Å². The van der Waals surface area contributed by atoms with Gasteiger partial charge in [-0.25, -0.2) is 0 Å². The summed E-state index contributed by atoms with van der Waals surface area (Å²) in [5.74, 6) is -0.246. The summed E-state index contributed by atoms with van der Waals surface area (Å²) >= 11 is 6.15. The van der Waals surface area contributed by atoms with Gasteiger partial charge in [-0.3, -0.25) is 9.59 Å². The first kappa shape index (κ1) is 16.3. The molecule has 1 aliphatic carbocycles. The molecule has 1 aliphatic heterocycles. The zero-order valence-corrected chi connectivity index (χ0v) is 14.2. The van der Waals surface area contributed by atoms with Gasteiger partial charge in [0.15, 0.2) is 0 Å². The third-order valence-electron chi connectivity index (χ3n) is 4.91. The van der Waals surface area contributed by atoms with E-state index >= 15 is 0 Å². The first-order chi connectivity index (χ1) is 11.0. The van der Waals surface area contributed by atoms with E-state index < -0.39 is 0 Å². The summed E-state index contributed by atoms with van der Waals surface area (Å²) in [7, 11) is 0. The second-order valence-corrected chi connectivity index (χ2v) is 7.09. The van der Waals surface area contributed by atoms with E-state index in [1.807, 2.05) is 19.1 Å². The molecule has 0 bridgehead atoms. The zero-order valence-electron chi connectivity index (χ0n) is 13.5. The number of aryl methyl sites for hydroxylation is 1. The Morgan fingerprint density at radius 3 is 2.70 bits per heavy atom. The van der Waals surface area contributed by atoms with Crippen molar-refractivity contribution < 1.29 is 9.59 Å². The molecule has 4 nitrogen and oxygen atoms in total. The predicted molar refractivity (Wildman–Crippen MR) is 91.7 cm³/mol. The molecule has 2 fully saturated rings. The molecule has 3 rings (SSSR count). The number of carbonyl (C=O) groups is 2. The molecule has 0 aromatic heterocycles. The Bertz CT molecular complexity index is 611. The van der Waals surface area contributed by atoms with E-state index in [0.717, 1.165) is 24.1 Å². The highest BCUT2D eigenvalue weighted by molar-refractivity contribution is 6.31. The van der Waals surface area contributed by atoms with E-state index in [1.54, 1.807) is 11.0 Å². The average Bonchev–Trinajstić information content (AvgIpc) is 2.93. The molecule has 23 heavy (non-hydrogen) atoms. The quantitative estimate of drug-likeness (QED) is 0.920. The predicted octanol–water partition coefficient (Wildman–Crippen LogP) is 3.45. The number of hydrogen-bond acceptors (Lipinski definition) is 2. The molecule has 1 saturated heterocycles. The Labute approximate surface area is 142 Å². The third kappa shape index (κ3) is 3.69. The molecule has 1 atom stereocenters. The molecular weight excluding hydrogens is 312 g/mol. The Balaban J connectivity index is 1.64. The van der Waals surface area contributed by atoms with Crippen molar-refractivity contribution in [2.45, 2.75) is 51.5 Å². The maximum Gasteiger partial charge on any atom is 0.227 e. The lowest BCUT2D eigenvalue weighted by Crippen LogP contribution is -2.40. The number of benzene rings is 1. The molecule has 1 aromatic carbocycles. The Hall–Kier alpha value is -1.55. The molecule has 0 unspecified atom stereocenters. The third-order valence-corrected chi connectivity index (χ3v) is 5.32. The van der Waals surface area contributed by atoms with Crippen LogP contribution in [0.3, 0.4) is 0 Å². The monoisotopic (exact) mass is 334 g/mol. The van der Waals surface area contributed by atoms with E-state index in [4.69, 9.17) is 11.6 Å². The highest BCUT2D eigenvalue weighted by Gasteiger charge is 2.36. The van der Waals surface area contributed by atoms with Gasteiger partial charge in [0, 0.05) is 29.7 Å². The summed E-state index contributed by atoms with van der Waals surface area (Å²) in [6.07, 6.45) is 6.03. The van der Waals surface area contributed by atoms with Gasteiger partial charge in [-0.05, 0) is 37.5 Å². The summed E-state index contributed by atoms with van der Waals surface area (Å²) in [5, 5.41) is 3.77. The van der Waals surface area contributed by atoms with Crippen LogP contribution in [-0.2, 0) is 9.59 Å². The van der Waals surface area contributed by atoms with Crippen LogP contribution in [0.25, 0.3) is 0 Å². The fourth-order valence-electron chi connectivity index (χ4n) is 3.45. The normalized spacial score (nSPS) is 22.4. The first-order valence-corrected chi connectivity index (χ1v) is 8.79. The molecule has 124 valence electrons. The summed E-state index contributed by atoms with van der Waals surface area (Å²) in [4.78, 5) is 26.4. The number of anilines is 1. The maximum absolute atomic E-state index is 12.4. The van der Waals surface area contributed by atoms with Gasteiger partial charge in [0.05, 0.1) is 5.92 Å². The minimum Gasteiger partial charge on any atom is -0.353 e. The van der Waals surface area contributed by atoms with Crippen molar-refractivity contribution in [1.29, 1.82) is 0 Å². The van der Waals surface area contributed by atoms with E-state index in [-0.39, 0.29) is 30.2 Å². The number of rotatable bonds is 3. The van der Waals surface area contributed by atoms with Gasteiger partial charge in [-0.2, -0.15) is 0 Å². The molecule has 1 N–H and O–H groups in total. The lowest BCUT2D eigenvalue weighted by Gasteiger charge is -2.24. The van der Waals surface area contributed by atoms with Gasteiger partial charge in [0.25, 0.3) is 0 Å². The van der Waals surface area contributed by atoms with Crippen LogP contribution in [0.15, 0.2) is 18.2 Å². The number of nitrogens with zero attached hydrogens (tertiary/aromatic N) is 1. The van der Waals surface area contributed by atoms with Crippen molar-refractivity contribution in [2.75, 3.05) is 11.4 Å². The number of halogens is 1. The van der Waals surface area contributed by atoms with Crippen LogP contribution in [0.4, 0.5) is 5.69 Å². The van der Waals surface area contributed by atoms with Crippen LogP contribution in [0, 0.1) is 12.8 Å². The molecule has 1 saturated carbocycles.